The summed E-state index contributed by atoms with van der Waals surface area (Å²) < 4.78 is 34.1. The van der Waals surface area contributed by atoms with Gasteiger partial charge in [-0.05, 0) is 18.2 Å². The van der Waals surface area contributed by atoms with Crippen molar-refractivity contribution in [3.63, 3.8) is 0 Å². The van der Waals surface area contributed by atoms with Crippen LogP contribution in [0.2, 0.25) is 0 Å². The van der Waals surface area contributed by atoms with E-state index in [1.165, 1.54) is 34.4 Å². The lowest BCUT2D eigenvalue weighted by atomic mass is 10.3. The molecule has 160 valence electrons. The van der Waals surface area contributed by atoms with Crippen molar-refractivity contribution >= 4 is 33.1 Å². The van der Waals surface area contributed by atoms with Crippen LogP contribution < -0.4 is 4.74 Å². The van der Waals surface area contributed by atoms with Crippen LogP contribution in [0.15, 0.2) is 52.6 Å². The Morgan fingerprint density at radius 3 is 2.60 bits per heavy atom. The van der Waals surface area contributed by atoms with Gasteiger partial charge in [-0.3, -0.25) is 14.5 Å². The fourth-order valence-electron chi connectivity index (χ4n) is 2.83. The standard InChI is InChI=1S/C18H21N5O5S2/c1-3-21(4-2)30(26,27)14-9-10-17-19-20-18(22(17)13-14)29-12-11-28-16-8-6-5-7-15(16)23(24)25/h5-10,13H,3-4,11-12H2,1-2H3. The summed E-state index contributed by atoms with van der Waals surface area (Å²) in [4.78, 5) is 10.7. The maximum atomic E-state index is 12.8. The Labute approximate surface area is 178 Å². The lowest BCUT2D eigenvalue weighted by Crippen LogP contribution is -2.30. The molecule has 0 N–H and O–H groups in total. The van der Waals surface area contributed by atoms with Crippen LogP contribution in [0.5, 0.6) is 5.75 Å². The molecular formula is C18H21N5O5S2. The van der Waals surface area contributed by atoms with Crippen LogP contribution in [0.4, 0.5) is 5.69 Å². The first-order valence-corrected chi connectivity index (χ1v) is 11.6. The van der Waals surface area contributed by atoms with Gasteiger partial charge in [0.15, 0.2) is 16.6 Å². The third-order valence-electron chi connectivity index (χ3n) is 4.32. The van der Waals surface area contributed by atoms with Crippen molar-refractivity contribution in [1.29, 1.82) is 0 Å². The highest BCUT2D eigenvalue weighted by molar-refractivity contribution is 7.99. The highest BCUT2D eigenvalue weighted by Gasteiger charge is 2.23. The van der Waals surface area contributed by atoms with E-state index in [4.69, 9.17) is 4.74 Å². The molecule has 10 nitrogen and oxygen atoms in total. The molecule has 2 aromatic heterocycles. The zero-order valence-corrected chi connectivity index (χ0v) is 18.1. The van der Waals surface area contributed by atoms with E-state index in [1.54, 1.807) is 42.5 Å². The van der Waals surface area contributed by atoms with Crippen molar-refractivity contribution in [2.45, 2.75) is 23.9 Å². The average molecular weight is 452 g/mol. The molecule has 0 saturated carbocycles. The van der Waals surface area contributed by atoms with Crippen LogP contribution in [0.1, 0.15) is 13.8 Å². The number of sulfonamides is 1. The smallest absolute Gasteiger partial charge is 0.310 e. The zero-order chi connectivity index (χ0) is 21.7. The first kappa shape index (κ1) is 22.0. The van der Waals surface area contributed by atoms with Gasteiger partial charge in [-0.1, -0.05) is 37.7 Å². The second-order valence-electron chi connectivity index (χ2n) is 6.09. The minimum atomic E-state index is -3.60. The van der Waals surface area contributed by atoms with Gasteiger partial charge < -0.3 is 4.74 Å². The number of nitro benzene ring substituents is 1. The largest absolute Gasteiger partial charge is 0.486 e. The van der Waals surface area contributed by atoms with Gasteiger partial charge in [-0.15, -0.1) is 10.2 Å². The number of hydrogen-bond donors (Lipinski definition) is 0. The van der Waals surface area contributed by atoms with Crippen LogP contribution in [0, 0.1) is 10.1 Å². The number of thioether (sulfide) groups is 1. The van der Waals surface area contributed by atoms with Gasteiger partial charge in [0, 0.05) is 31.1 Å². The van der Waals surface area contributed by atoms with Gasteiger partial charge in [-0.25, -0.2) is 8.42 Å². The summed E-state index contributed by atoms with van der Waals surface area (Å²) in [5, 5.41) is 19.7. The molecule has 3 aromatic rings. The van der Waals surface area contributed by atoms with Gasteiger partial charge in [-0.2, -0.15) is 4.31 Å². The summed E-state index contributed by atoms with van der Waals surface area (Å²) in [7, 11) is -3.60. The van der Waals surface area contributed by atoms with Crippen LogP contribution in [-0.4, -0.2) is 57.7 Å². The Morgan fingerprint density at radius 2 is 1.90 bits per heavy atom. The molecule has 0 atom stereocenters. The summed E-state index contributed by atoms with van der Waals surface area (Å²) in [6, 6.07) is 9.29. The number of hydrogen-bond acceptors (Lipinski definition) is 8. The molecule has 0 saturated heterocycles. The number of aromatic nitrogens is 3. The number of benzene rings is 1. The van der Waals surface area contributed by atoms with E-state index in [9.17, 15) is 18.5 Å². The van der Waals surface area contributed by atoms with E-state index >= 15 is 0 Å². The number of pyridine rings is 1. The monoisotopic (exact) mass is 451 g/mol. The van der Waals surface area contributed by atoms with Gasteiger partial charge in [0.05, 0.1) is 16.4 Å². The normalized spacial score (nSPS) is 11.8. The van der Waals surface area contributed by atoms with E-state index in [-0.39, 0.29) is 22.9 Å². The van der Waals surface area contributed by atoms with Crippen molar-refractivity contribution in [3.8, 4) is 5.75 Å². The third-order valence-corrected chi connectivity index (χ3v) is 7.26. The summed E-state index contributed by atoms with van der Waals surface area (Å²) in [5.74, 6) is 0.640. The molecule has 0 aliphatic heterocycles. The molecule has 0 spiro atoms. The average Bonchev–Trinajstić information content (AvgIpc) is 3.14. The fourth-order valence-corrected chi connectivity index (χ4v) is 5.02. The summed E-state index contributed by atoms with van der Waals surface area (Å²) >= 11 is 1.32. The maximum Gasteiger partial charge on any atom is 0.310 e. The summed E-state index contributed by atoms with van der Waals surface area (Å²) in [6.45, 7) is 4.54. The maximum absolute atomic E-state index is 12.8. The Kier molecular flexibility index (Phi) is 6.90. The number of nitro groups is 1. The van der Waals surface area contributed by atoms with Crippen molar-refractivity contribution in [3.05, 3.63) is 52.7 Å². The van der Waals surface area contributed by atoms with E-state index in [1.807, 2.05) is 0 Å². The topological polar surface area (TPSA) is 120 Å². The SMILES string of the molecule is CCN(CC)S(=O)(=O)c1ccc2nnc(SCCOc3ccccc3[N+](=O)[O-])n2c1. The minimum Gasteiger partial charge on any atom is -0.486 e. The molecule has 0 radical (unpaired) electrons. The number of para-hydroxylation sites is 2. The number of fused-ring (bicyclic) bond motifs is 1. The molecule has 2 heterocycles. The lowest BCUT2D eigenvalue weighted by molar-refractivity contribution is -0.385. The van der Waals surface area contributed by atoms with E-state index in [0.717, 1.165) is 0 Å². The van der Waals surface area contributed by atoms with E-state index in [0.29, 0.717) is 29.6 Å². The molecule has 0 amide bonds. The van der Waals surface area contributed by atoms with E-state index in [2.05, 4.69) is 10.2 Å². The van der Waals surface area contributed by atoms with Crippen molar-refractivity contribution < 1.29 is 18.1 Å². The molecule has 12 heteroatoms. The Balaban J connectivity index is 1.72. The second kappa shape index (κ2) is 9.41. The summed E-state index contributed by atoms with van der Waals surface area (Å²) in [5.41, 5.74) is 0.428. The van der Waals surface area contributed by atoms with Crippen molar-refractivity contribution in [2.24, 2.45) is 0 Å². The second-order valence-corrected chi connectivity index (χ2v) is 9.09. The first-order valence-electron chi connectivity index (χ1n) is 9.22. The number of ether oxygens (including phenoxy) is 1. The quantitative estimate of drug-likeness (QED) is 0.200. The first-order chi connectivity index (χ1) is 14.4. The highest BCUT2D eigenvalue weighted by Crippen LogP contribution is 2.26. The van der Waals surface area contributed by atoms with Crippen molar-refractivity contribution in [1.82, 2.24) is 18.9 Å². The van der Waals surface area contributed by atoms with Crippen LogP contribution in [0.25, 0.3) is 5.65 Å². The van der Waals surface area contributed by atoms with Gasteiger partial charge in [0.2, 0.25) is 10.0 Å². The Bertz CT molecular complexity index is 1140. The summed E-state index contributed by atoms with van der Waals surface area (Å²) in [6.07, 6.45) is 1.51. The molecule has 1 aromatic carbocycles. The van der Waals surface area contributed by atoms with Crippen molar-refractivity contribution in [2.75, 3.05) is 25.4 Å². The van der Waals surface area contributed by atoms with Gasteiger partial charge >= 0.3 is 5.69 Å². The fraction of sp³-hybridized carbons (Fsp3) is 0.333. The molecule has 0 aliphatic rings. The number of nitrogens with zero attached hydrogens (tertiary/aromatic N) is 5. The van der Waals surface area contributed by atoms with Crippen LogP contribution >= 0.6 is 11.8 Å². The lowest BCUT2D eigenvalue weighted by Gasteiger charge is -2.18. The molecular weight excluding hydrogens is 430 g/mol. The van der Waals surface area contributed by atoms with Gasteiger partial charge in [0.1, 0.15) is 0 Å². The number of rotatable bonds is 10. The minimum absolute atomic E-state index is 0.0957. The Hall–Kier alpha value is -2.70. The van der Waals surface area contributed by atoms with Crippen LogP contribution in [0.3, 0.4) is 0 Å². The van der Waals surface area contributed by atoms with Gasteiger partial charge in [0.25, 0.3) is 0 Å². The molecule has 0 bridgehead atoms. The predicted octanol–water partition coefficient (Wildman–Crippen LogP) is 2.84. The Morgan fingerprint density at radius 1 is 1.17 bits per heavy atom. The predicted molar refractivity (Wildman–Crippen MR) is 112 cm³/mol. The molecule has 3 rings (SSSR count). The van der Waals surface area contributed by atoms with Crippen LogP contribution in [-0.2, 0) is 10.0 Å². The zero-order valence-electron chi connectivity index (χ0n) is 16.5. The molecule has 0 fully saturated rings. The molecule has 30 heavy (non-hydrogen) atoms. The van der Waals surface area contributed by atoms with E-state index < -0.39 is 14.9 Å². The highest BCUT2D eigenvalue weighted by atomic mass is 32.2. The molecule has 0 aliphatic carbocycles. The third kappa shape index (κ3) is 4.55. The molecule has 0 unspecified atom stereocenters.